The van der Waals surface area contributed by atoms with Crippen molar-refractivity contribution in [2.24, 2.45) is 22.7 Å². The van der Waals surface area contributed by atoms with Crippen LogP contribution in [0.1, 0.15) is 81.1 Å². The summed E-state index contributed by atoms with van der Waals surface area (Å²) in [6.07, 6.45) is 1.37. The lowest BCUT2D eigenvalue weighted by atomic mass is 9.81. The number of Topliss-reactive ketones (excluding diaryl/α,β-unsaturated/α-hetero) is 1. The minimum atomic E-state index is -0.846. The first-order chi connectivity index (χ1) is 12.1. The smallest absolute Gasteiger partial charge is 0.303 e. The van der Waals surface area contributed by atoms with Crippen LogP contribution in [-0.2, 0) is 19.2 Å². The van der Waals surface area contributed by atoms with E-state index < -0.39 is 11.4 Å². The first kappa shape index (κ1) is 25.3. The van der Waals surface area contributed by atoms with E-state index in [1.165, 1.54) is 4.90 Å². The Bertz CT molecular complexity index is 541. The first-order valence-corrected chi connectivity index (χ1v) is 9.64. The summed E-state index contributed by atoms with van der Waals surface area (Å²) in [7, 11) is 0. The van der Waals surface area contributed by atoms with E-state index in [4.69, 9.17) is 5.11 Å². The molecule has 27 heavy (non-hydrogen) atoms. The highest BCUT2D eigenvalue weighted by molar-refractivity contribution is 5.98. The topological polar surface area (TPSA) is 91.8 Å². The summed E-state index contributed by atoms with van der Waals surface area (Å²) in [5.41, 5.74) is -0.575. The Morgan fingerprint density at radius 3 is 1.81 bits per heavy atom. The molecule has 156 valence electrons. The number of carbonyl (C=O) groups excluding carboxylic acids is 3. The minimum Gasteiger partial charge on any atom is -0.481 e. The van der Waals surface area contributed by atoms with Crippen molar-refractivity contribution in [2.75, 3.05) is 6.54 Å². The molecule has 0 bridgehead atoms. The Hall–Kier alpha value is -1.72. The van der Waals surface area contributed by atoms with Gasteiger partial charge in [0.2, 0.25) is 11.8 Å². The van der Waals surface area contributed by atoms with Gasteiger partial charge in [0, 0.05) is 31.7 Å². The zero-order valence-corrected chi connectivity index (χ0v) is 18.2. The molecule has 0 atom stereocenters. The molecule has 1 saturated heterocycles. The number of amides is 2. The Morgan fingerprint density at radius 1 is 1.04 bits per heavy atom. The molecule has 0 aromatic carbocycles. The quantitative estimate of drug-likeness (QED) is 0.673. The van der Waals surface area contributed by atoms with E-state index in [-0.39, 0.29) is 35.4 Å². The van der Waals surface area contributed by atoms with Gasteiger partial charge in [0.05, 0.1) is 6.42 Å². The van der Waals surface area contributed by atoms with Crippen LogP contribution in [0, 0.1) is 22.7 Å². The third-order valence-corrected chi connectivity index (χ3v) is 4.34. The van der Waals surface area contributed by atoms with Crippen molar-refractivity contribution in [3.8, 4) is 0 Å². The number of hydrogen-bond acceptors (Lipinski definition) is 4. The van der Waals surface area contributed by atoms with Crippen LogP contribution in [0.5, 0.6) is 0 Å². The zero-order valence-electron chi connectivity index (χ0n) is 18.2. The molecule has 1 rings (SSSR count). The van der Waals surface area contributed by atoms with Crippen molar-refractivity contribution < 1.29 is 24.3 Å². The third kappa shape index (κ3) is 10.3. The van der Waals surface area contributed by atoms with Crippen LogP contribution in [0.15, 0.2) is 0 Å². The average molecular weight is 384 g/mol. The maximum absolute atomic E-state index is 11.7. The minimum absolute atomic E-state index is 0.00642. The second kappa shape index (κ2) is 10.00. The fraction of sp³-hybridized carbons (Fsp3) is 0.810. The van der Waals surface area contributed by atoms with Gasteiger partial charge in [-0.05, 0) is 16.7 Å². The number of nitrogens with zero attached hydrogens (tertiary/aromatic N) is 1. The van der Waals surface area contributed by atoms with Gasteiger partial charge in [-0.25, -0.2) is 0 Å². The molecule has 1 heterocycles. The largest absolute Gasteiger partial charge is 0.481 e. The van der Waals surface area contributed by atoms with Crippen molar-refractivity contribution in [1.29, 1.82) is 0 Å². The molecule has 0 spiro atoms. The molecule has 1 fully saturated rings. The molecular formula is C21H37NO5. The molecule has 0 radical (unpaired) electrons. The Labute approximate surface area is 163 Å². The molecule has 2 amide bonds. The van der Waals surface area contributed by atoms with Crippen LogP contribution >= 0.6 is 0 Å². The summed E-state index contributed by atoms with van der Waals surface area (Å²) in [6, 6.07) is 0. The number of carboxylic acids is 1. The van der Waals surface area contributed by atoms with Gasteiger partial charge in [0.15, 0.2) is 0 Å². The van der Waals surface area contributed by atoms with Gasteiger partial charge in [0.25, 0.3) is 0 Å². The fourth-order valence-corrected chi connectivity index (χ4v) is 2.93. The summed E-state index contributed by atoms with van der Waals surface area (Å²) >= 11 is 0. The van der Waals surface area contributed by atoms with Crippen LogP contribution in [0.2, 0.25) is 0 Å². The molecular weight excluding hydrogens is 346 g/mol. The maximum atomic E-state index is 11.7. The van der Waals surface area contributed by atoms with Gasteiger partial charge in [0.1, 0.15) is 5.78 Å². The lowest BCUT2D eigenvalue weighted by Gasteiger charge is -2.35. The lowest BCUT2D eigenvalue weighted by Crippen LogP contribution is -2.47. The first-order valence-electron chi connectivity index (χ1n) is 9.64. The highest BCUT2D eigenvalue weighted by Crippen LogP contribution is 2.31. The van der Waals surface area contributed by atoms with E-state index in [0.29, 0.717) is 31.7 Å². The monoisotopic (exact) mass is 383 g/mol. The zero-order chi connectivity index (χ0) is 21.6. The SMILES string of the molecule is CC(C)C(=O)CC(C)(C)CC(=O)O.CC(C)CN1C(=O)CC(C)(C)CC1=O. The van der Waals surface area contributed by atoms with E-state index >= 15 is 0 Å². The highest BCUT2D eigenvalue weighted by atomic mass is 16.4. The summed E-state index contributed by atoms with van der Waals surface area (Å²) in [6.45, 7) is 15.8. The molecule has 0 aliphatic carbocycles. The Kier molecular flexibility index (Phi) is 9.36. The van der Waals surface area contributed by atoms with Crippen LogP contribution in [0.4, 0.5) is 0 Å². The van der Waals surface area contributed by atoms with E-state index in [1.54, 1.807) is 13.8 Å². The summed E-state index contributed by atoms with van der Waals surface area (Å²) in [5.74, 6) is -0.398. The van der Waals surface area contributed by atoms with Crippen molar-refractivity contribution in [2.45, 2.75) is 81.1 Å². The van der Waals surface area contributed by atoms with E-state index in [9.17, 15) is 19.2 Å². The number of hydrogen-bond donors (Lipinski definition) is 1. The third-order valence-electron chi connectivity index (χ3n) is 4.34. The van der Waals surface area contributed by atoms with Gasteiger partial charge < -0.3 is 5.11 Å². The second-order valence-corrected chi connectivity index (χ2v) is 9.84. The summed E-state index contributed by atoms with van der Waals surface area (Å²) in [4.78, 5) is 46.5. The molecule has 0 aromatic rings. The van der Waals surface area contributed by atoms with E-state index in [0.717, 1.165) is 0 Å². The van der Waals surface area contributed by atoms with Crippen LogP contribution < -0.4 is 0 Å². The number of likely N-dealkylation sites (tertiary alicyclic amines) is 1. The van der Waals surface area contributed by atoms with Gasteiger partial charge in [-0.2, -0.15) is 0 Å². The van der Waals surface area contributed by atoms with E-state index in [2.05, 4.69) is 0 Å². The van der Waals surface area contributed by atoms with Crippen molar-refractivity contribution >= 4 is 23.6 Å². The van der Waals surface area contributed by atoms with Crippen molar-refractivity contribution in [3.63, 3.8) is 0 Å². The molecule has 0 saturated carbocycles. The predicted molar refractivity (Wildman–Crippen MR) is 105 cm³/mol. The van der Waals surface area contributed by atoms with Crippen LogP contribution in [0.25, 0.3) is 0 Å². The number of carboxylic acid groups (broad SMARTS) is 1. The number of carbonyl (C=O) groups is 4. The standard InChI is InChI=1S/C11H19NO2.C10H18O3/c1-8(2)7-12-9(13)5-11(3,4)6-10(12)14;1-7(2)8(11)5-10(3,4)6-9(12)13/h8H,5-7H2,1-4H3;7H,5-6H2,1-4H3,(H,12,13). The van der Waals surface area contributed by atoms with Gasteiger partial charge in [-0.3, -0.25) is 24.1 Å². The molecule has 1 aliphatic heterocycles. The second-order valence-electron chi connectivity index (χ2n) is 9.84. The predicted octanol–water partition coefficient (Wildman–Crippen LogP) is 3.92. The number of imide groups is 1. The molecule has 0 aromatic heterocycles. The fourth-order valence-electron chi connectivity index (χ4n) is 2.93. The molecule has 0 unspecified atom stereocenters. The number of piperidine rings is 1. The number of ketones is 1. The Morgan fingerprint density at radius 2 is 1.48 bits per heavy atom. The molecule has 1 aliphatic rings. The average Bonchev–Trinajstić information content (AvgIpc) is 2.40. The molecule has 6 nitrogen and oxygen atoms in total. The maximum Gasteiger partial charge on any atom is 0.303 e. The van der Waals surface area contributed by atoms with Gasteiger partial charge in [-0.1, -0.05) is 55.4 Å². The molecule has 1 N–H and O–H groups in total. The summed E-state index contributed by atoms with van der Waals surface area (Å²) in [5, 5.41) is 8.59. The van der Waals surface area contributed by atoms with E-state index in [1.807, 2.05) is 41.5 Å². The molecule has 6 heteroatoms. The normalized spacial score (nSPS) is 17.0. The summed E-state index contributed by atoms with van der Waals surface area (Å²) < 4.78 is 0. The van der Waals surface area contributed by atoms with Crippen LogP contribution in [-0.4, -0.2) is 40.1 Å². The number of rotatable bonds is 7. The number of aliphatic carboxylic acids is 1. The van der Waals surface area contributed by atoms with Crippen molar-refractivity contribution in [1.82, 2.24) is 4.90 Å². The lowest BCUT2D eigenvalue weighted by molar-refractivity contribution is -0.153. The van der Waals surface area contributed by atoms with Gasteiger partial charge in [-0.15, -0.1) is 0 Å². The Balaban J connectivity index is 0.000000503. The van der Waals surface area contributed by atoms with Gasteiger partial charge >= 0.3 is 5.97 Å². The van der Waals surface area contributed by atoms with Crippen molar-refractivity contribution in [3.05, 3.63) is 0 Å². The highest BCUT2D eigenvalue weighted by Gasteiger charge is 2.37. The van der Waals surface area contributed by atoms with Crippen LogP contribution in [0.3, 0.4) is 0 Å².